The minimum atomic E-state index is -1.30. The second-order valence-corrected chi connectivity index (χ2v) is 7.07. The highest BCUT2D eigenvalue weighted by Gasteiger charge is 2.51. The van der Waals surface area contributed by atoms with Gasteiger partial charge in [0.25, 0.3) is 0 Å². The Morgan fingerprint density at radius 3 is 3.15 bits per heavy atom. The lowest BCUT2D eigenvalue weighted by atomic mass is 9.90. The molecule has 4 heterocycles. The molecule has 1 aromatic carbocycles. The fourth-order valence-corrected chi connectivity index (χ4v) is 3.95. The van der Waals surface area contributed by atoms with Crippen LogP contribution in [0.5, 0.6) is 0 Å². The Hall–Kier alpha value is -2.36. The topological polar surface area (TPSA) is 87.2 Å². The van der Waals surface area contributed by atoms with E-state index in [-0.39, 0.29) is 11.9 Å². The zero-order valence-corrected chi connectivity index (χ0v) is 14.9. The van der Waals surface area contributed by atoms with Crippen molar-refractivity contribution in [2.24, 2.45) is 0 Å². The van der Waals surface area contributed by atoms with Gasteiger partial charge in [-0.1, -0.05) is 11.3 Å². The molecule has 2 aliphatic heterocycles. The molecule has 142 valence electrons. The Kier molecular flexibility index (Phi) is 3.78. The summed E-state index contributed by atoms with van der Waals surface area (Å²) < 4.78 is 28.8. The largest absolute Gasteiger partial charge is 0.378 e. The van der Waals surface area contributed by atoms with Gasteiger partial charge in [0.15, 0.2) is 17.7 Å². The first-order valence-electron chi connectivity index (χ1n) is 9.12. The van der Waals surface area contributed by atoms with E-state index < -0.39 is 11.9 Å². The first-order valence-corrected chi connectivity index (χ1v) is 9.12. The van der Waals surface area contributed by atoms with Crippen LogP contribution in [-0.4, -0.2) is 48.7 Å². The molecule has 0 radical (unpaired) electrons. The standard InChI is InChI=1S/C18H20FN5O3/c1-2-24-13-5-3-4-12(19)16(13)20-15(24)9-23-8-14(21-22-23)18(25)7-6-11-10-26-17(18)27-11/h3-5,8,11,17,25H,2,6-7,9-10H2,1H3/t11-,17+,18?/m0/s1. The van der Waals surface area contributed by atoms with Crippen molar-refractivity contribution < 1.29 is 19.0 Å². The molecule has 2 fully saturated rings. The molecule has 8 nitrogen and oxygen atoms in total. The molecular weight excluding hydrogens is 353 g/mol. The van der Waals surface area contributed by atoms with Gasteiger partial charge >= 0.3 is 0 Å². The van der Waals surface area contributed by atoms with Crippen LogP contribution < -0.4 is 0 Å². The smallest absolute Gasteiger partial charge is 0.192 e. The Bertz CT molecular complexity index is 1000. The summed E-state index contributed by atoms with van der Waals surface area (Å²) in [6, 6.07) is 4.93. The average molecular weight is 373 g/mol. The van der Waals surface area contributed by atoms with Crippen molar-refractivity contribution in [1.82, 2.24) is 24.5 Å². The molecule has 2 aliphatic rings. The molecule has 1 N–H and O–H groups in total. The van der Waals surface area contributed by atoms with E-state index in [1.165, 1.54) is 6.07 Å². The summed E-state index contributed by atoms with van der Waals surface area (Å²) in [6.45, 7) is 3.46. The first-order chi connectivity index (χ1) is 13.1. The molecule has 3 atom stereocenters. The van der Waals surface area contributed by atoms with Gasteiger partial charge in [0, 0.05) is 6.54 Å². The summed E-state index contributed by atoms with van der Waals surface area (Å²) in [4.78, 5) is 4.44. The maximum absolute atomic E-state index is 14.1. The zero-order chi connectivity index (χ0) is 18.6. The van der Waals surface area contributed by atoms with Crippen LogP contribution in [0.3, 0.4) is 0 Å². The van der Waals surface area contributed by atoms with E-state index in [4.69, 9.17) is 9.47 Å². The Labute approximate surface area is 154 Å². The molecule has 27 heavy (non-hydrogen) atoms. The third-order valence-corrected chi connectivity index (χ3v) is 5.40. The van der Waals surface area contributed by atoms with Crippen molar-refractivity contribution in [3.63, 3.8) is 0 Å². The van der Waals surface area contributed by atoms with Gasteiger partial charge < -0.3 is 19.1 Å². The summed E-state index contributed by atoms with van der Waals surface area (Å²) >= 11 is 0. The lowest BCUT2D eigenvalue weighted by Crippen LogP contribution is -2.44. The molecule has 0 amide bonds. The number of imidazole rings is 1. The second kappa shape index (κ2) is 6.08. The highest BCUT2D eigenvalue weighted by molar-refractivity contribution is 5.76. The SMILES string of the molecule is CCn1c(Cn2cc(C3(O)CC[C@H]4CO[C@@H]3O4)nn2)nc2c(F)cccc21. The normalized spacial score (nSPS) is 27.5. The highest BCUT2D eigenvalue weighted by Crippen LogP contribution is 2.40. The number of fused-ring (bicyclic) bond motifs is 3. The Balaban J connectivity index is 1.46. The summed E-state index contributed by atoms with van der Waals surface area (Å²) in [5, 5.41) is 19.3. The van der Waals surface area contributed by atoms with Crippen LogP contribution in [0.25, 0.3) is 11.0 Å². The van der Waals surface area contributed by atoms with E-state index in [1.807, 2.05) is 17.6 Å². The van der Waals surface area contributed by atoms with E-state index >= 15 is 0 Å². The molecule has 3 aromatic rings. The van der Waals surface area contributed by atoms with Crippen LogP contribution in [0.4, 0.5) is 4.39 Å². The molecule has 2 aromatic heterocycles. The Morgan fingerprint density at radius 2 is 2.30 bits per heavy atom. The Morgan fingerprint density at radius 1 is 1.41 bits per heavy atom. The van der Waals surface area contributed by atoms with Gasteiger partial charge in [0.2, 0.25) is 0 Å². The highest BCUT2D eigenvalue weighted by atomic mass is 19.1. The molecule has 0 saturated carbocycles. The van der Waals surface area contributed by atoms with Gasteiger partial charge in [-0.05, 0) is 31.9 Å². The van der Waals surface area contributed by atoms with E-state index in [1.54, 1.807) is 16.9 Å². The predicted molar refractivity (Wildman–Crippen MR) is 92.2 cm³/mol. The lowest BCUT2D eigenvalue weighted by Gasteiger charge is -2.34. The third kappa shape index (κ3) is 2.57. The van der Waals surface area contributed by atoms with Crippen LogP contribution in [0.1, 0.15) is 31.3 Å². The summed E-state index contributed by atoms with van der Waals surface area (Å²) in [7, 11) is 0. The number of hydrogen-bond acceptors (Lipinski definition) is 6. The van der Waals surface area contributed by atoms with Crippen LogP contribution in [-0.2, 0) is 28.2 Å². The van der Waals surface area contributed by atoms with Crippen molar-refractivity contribution in [3.05, 3.63) is 41.7 Å². The van der Waals surface area contributed by atoms with Crippen molar-refractivity contribution in [2.75, 3.05) is 6.61 Å². The molecule has 2 bridgehead atoms. The maximum atomic E-state index is 14.1. The number of aliphatic hydroxyl groups is 1. The van der Waals surface area contributed by atoms with Gasteiger partial charge in [0.05, 0.1) is 24.4 Å². The van der Waals surface area contributed by atoms with E-state index in [0.29, 0.717) is 49.6 Å². The number of rotatable bonds is 4. The zero-order valence-electron chi connectivity index (χ0n) is 14.9. The van der Waals surface area contributed by atoms with Gasteiger partial charge in [-0.15, -0.1) is 5.10 Å². The number of ether oxygens (including phenoxy) is 2. The van der Waals surface area contributed by atoms with E-state index in [0.717, 1.165) is 5.52 Å². The number of benzene rings is 1. The minimum Gasteiger partial charge on any atom is -0.378 e. The molecule has 1 unspecified atom stereocenters. The molecule has 5 rings (SSSR count). The van der Waals surface area contributed by atoms with Crippen molar-refractivity contribution >= 4 is 11.0 Å². The summed E-state index contributed by atoms with van der Waals surface area (Å²) in [5.41, 5.74) is 0.206. The van der Waals surface area contributed by atoms with Gasteiger partial charge in [-0.3, -0.25) is 0 Å². The molecule has 2 saturated heterocycles. The number of nitrogens with zero attached hydrogens (tertiary/aromatic N) is 5. The number of aryl methyl sites for hydroxylation is 1. The number of para-hydroxylation sites is 1. The maximum Gasteiger partial charge on any atom is 0.192 e. The fourth-order valence-electron chi connectivity index (χ4n) is 3.95. The first kappa shape index (κ1) is 16.8. The summed E-state index contributed by atoms with van der Waals surface area (Å²) in [5.74, 6) is 0.333. The third-order valence-electron chi connectivity index (χ3n) is 5.40. The van der Waals surface area contributed by atoms with Crippen molar-refractivity contribution in [1.29, 1.82) is 0 Å². The van der Waals surface area contributed by atoms with E-state index in [2.05, 4.69) is 15.3 Å². The number of halogens is 1. The van der Waals surface area contributed by atoms with Crippen LogP contribution in [0.15, 0.2) is 24.4 Å². The van der Waals surface area contributed by atoms with Gasteiger partial charge in [-0.2, -0.15) is 0 Å². The molecule has 0 aliphatic carbocycles. The van der Waals surface area contributed by atoms with Crippen molar-refractivity contribution in [3.8, 4) is 0 Å². The van der Waals surface area contributed by atoms with E-state index in [9.17, 15) is 9.50 Å². The monoisotopic (exact) mass is 373 g/mol. The lowest BCUT2D eigenvalue weighted by molar-refractivity contribution is -0.219. The van der Waals surface area contributed by atoms with Crippen LogP contribution in [0, 0.1) is 5.82 Å². The van der Waals surface area contributed by atoms with Gasteiger partial charge in [0.1, 0.15) is 23.6 Å². The molecule has 9 heteroatoms. The van der Waals surface area contributed by atoms with Crippen LogP contribution >= 0.6 is 0 Å². The number of aromatic nitrogens is 5. The van der Waals surface area contributed by atoms with Crippen molar-refractivity contribution in [2.45, 2.75) is 50.8 Å². The quantitative estimate of drug-likeness (QED) is 0.747. The number of hydrogen-bond donors (Lipinski definition) is 1. The fraction of sp³-hybridized carbons (Fsp3) is 0.500. The van der Waals surface area contributed by atoms with Gasteiger partial charge in [-0.25, -0.2) is 14.1 Å². The average Bonchev–Trinajstić information content (AvgIpc) is 3.37. The second-order valence-electron chi connectivity index (χ2n) is 7.07. The minimum absolute atomic E-state index is 0.0460. The molecular formula is C18H20FN5O3. The predicted octanol–water partition coefficient (Wildman–Crippen LogP) is 1.56. The summed E-state index contributed by atoms with van der Waals surface area (Å²) in [6.07, 6.45) is 2.24. The van der Waals surface area contributed by atoms with Crippen LogP contribution in [0.2, 0.25) is 0 Å². The molecule has 0 spiro atoms.